The van der Waals surface area contributed by atoms with Crippen molar-refractivity contribution in [1.82, 2.24) is 0 Å². The third kappa shape index (κ3) is 3.51. The first-order chi connectivity index (χ1) is 7.67. The van der Waals surface area contributed by atoms with Crippen LogP contribution in [0.5, 0.6) is 5.75 Å². The normalized spacial score (nSPS) is 10.9. The first-order valence-corrected chi connectivity index (χ1v) is 5.24. The van der Waals surface area contributed by atoms with Crippen molar-refractivity contribution in [3.8, 4) is 5.75 Å². The summed E-state index contributed by atoms with van der Waals surface area (Å²) in [6.07, 6.45) is 4.34. The van der Waals surface area contributed by atoms with Crippen molar-refractivity contribution in [2.45, 2.75) is 26.4 Å². The van der Waals surface area contributed by atoms with E-state index in [1.54, 1.807) is 30.4 Å². The average molecular weight is 220 g/mol. The number of carbonyl (C=O) groups is 1. The number of allylic oxidation sites excluding steroid dienone is 2. The zero-order chi connectivity index (χ0) is 12.0. The maximum absolute atomic E-state index is 11.3. The van der Waals surface area contributed by atoms with Crippen LogP contribution in [-0.4, -0.2) is 16.0 Å². The van der Waals surface area contributed by atoms with E-state index in [-0.39, 0.29) is 18.1 Å². The van der Waals surface area contributed by atoms with Crippen LogP contribution >= 0.6 is 0 Å². The summed E-state index contributed by atoms with van der Waals surface area (Å²) in [6.45, 7) is 1.62. The highest BCUT2D eigenvalue weighted by Crippen LogP contribution is 2.19. The number of aliphatic hydroxyl groups excluding tert-OH is 1. The highest BCUT2D eigenvalue weighted by molar-refractivity contribution is 5.89. The lowest BCUT2D eigenvalue weighted by molar-refractivity contribution is -0.114. The molecule has 0 saturated carbocycles. The van der Waals surface area contributed by atoms with Crippen molar-refractivity contribution < 1.29 is 15.0 Å². The van der Waals surface area contributed by atoms with Gasteiger partial charge in [-0.15, -0.1) is 0 Å². The minimum Gasteiger partial charge on any atom is -0.508 e. The van der Waals surface area contributed by atoms with Gasteiger partial charge < -0.3 is 10.2 Å². The van der Waals surface area contributed by atoms with Gasteiger partial charge in [0.1, 0.15) is 5.75 Å². The first kappa shape index (κ1) is 12.5. The number of aliphatic hydroxyl groups is 1. The van der Waals surface area contributed by atoms with E-state index >= 15 is 0 Å². The molecule has 0 unspecified atom stereocenters. The summed E-state index contributed by atoms with van der Waals surface area (Å²) in [6, 6.07) is 5.02. The topological polar surface area (TPSA) is 57.5 Å². The molecule has 0 fully saturated rings. The molecule has 0 aliphatic carbocycles. The first-order valence-electron chi connectivity index (χ1n) is 5.24. The van der Waals surface area contributed by atoms with Crippen LogP contribution in [0.2, 0.25) is 0 Å². The van der Waals surface area contributed by atoms with Gasteiger partial charge in [-0.25, -0.2) is 0 Å². The Morgan fingerprint density at radius 3 is 2.81 bits per heavy atom. The molecule has 0 amide bonds. The van der Waals surface area contributed by atoms with Crippen molar-refractivity contribution in [2.24, 2.45) is 0 Å². The summed E-state index contributed by atoms with van der Waals surface area (Å²) in [5, 5.41) is 18.3. The van der Waals surface area contributed by atoms with E-state index in [1.807, 2.05) is 6.92 Å². The molecule has 1 rings (SSSR count). The van der Waals surface area contributed by atoms with E-state index in [0.29, 0.717) is 18.4 Å². The van der Waals surface area contributed by atoms with E-state index < -0.39 is 0 Å². The van der Waals surface area contributed by atoms with Gasteiger partial charge in [-0.2, -0.15) is 0 Å². The lowest BCUT2D eigenvalue weighted by Gasteiger charge is -2.04. The maximum atomic E-state index is 11.3. The molecule has 0 spiro atoms. The Kier molecular flexibility index (Phi) is 4.73. The molecule has 0 bridgehead atoms. The lowest BCUT2D eigenvalue weighted by Crippen LogP contribution is -1.97. The van der Waals surface area contributed by atoms with Gasteiger partial charge in [0.25, 0.3) is 0 Å². The molecule has 86 valence electrons. The largest absolute Gasteiger partial charge is 0.508 e. The van der Waals surface area contributed by atoms with E-state index in [4.69, 9.17) is 5.11 Å². The number of hydrogen-bond acceptors (Lipinski definition) is 3. The third-order valence-electron chi connectivity index (χ3n) is 2.33. The predicted octanol–water partition coefficient (Wildman–Crippen LogP) is 1.96. The monoisotopic (exact) mass is 220 g/mol. The van der Waals surface area contributed by atoms with E-state index in [9.17, 15) is 9.90 Å². The zero-order valence-electron chi connectivity index (χ0n) is 9.31. The highest BCUT2D eigenvalue weighted by atomic mass is 16.3. The summed E-state index contributed by atoms with van der Waals surface area (Å²) in [5.41, 5.74) is 1.44. The second-order valence-electron chi connectivity index (χ2n) is 3.59. The number of ketones is 1. The molecule has 1 aromatic rings. The lowest BCUT2D eigenvalue weighted by atomic mass is 10.0. The smallest absolute Gasteiger partial charge is 0.155 e. The Morgan fingerprint density at radius 1 is 1.44 bits per heavy atom. The fourth-order valence-corrected chi connectivity index (χ4v) is 1.46. The Bertz CT molecular complexity index is 394. The third-order valence-corrected chi connectivity index (χ3v) is 2.33. The number of rotatable bonds is 5. The molecule has 0 radical (unpaired) electrons. The second-order valence-corrected chi connectivity index (χ2v) is 3.59. The molecule has 16 heavy (non-hydrogen) atoms. The van der Waals surface area contributed by atoms with E-state index in [2.05, 4.69) is 0 Å². The quantitative estimate of drug-likeness (QED) is 0.746. The van der Waals surface area contributed by atoms with E-state index in [0.717, 1.165) is 5.56 Å². The highest BCUT2D eigenvalue weighted by Gasteiger charge is 2.03. The van der Waals surface area contributed by atoms with Crippen molar-refractivity contribution >= 4 is 5.78 Å². The van der Waals surface area contributed by atoms with Gasteiger partial charge in [-0.3, -0.25) is 4.79 Å². The molecule has 3 nitrogen and oxygen atoms in total. The fraction of sp³-hybridized carbons (Fsp3) is 0.308. The second kappa shape index (κ2) is 6.08. The van der Waals surface area contributed by atoms with Crippen LogP contribution in [0.4, 0.5) is 0 Å². The Morgan fingerprint density at radius 2 is 2.19 bits per heavy atom. The number of aryl methyl sites for hydroxylation is 1. The van der Waals surface area contributed by atoms with Crippen LogP contribution < -0.4 is 0 Å². The molecule has 1 aromatic carbocycles. The molecule has 0 heterocycles. The predicted molar refractivity (Wildman–Crippen MR) is 62.2 cm³/mol. The molecular weight excluding hydrogens is 204 g/mol. The summed E-state index contributed by atoms with van der Waals surface area (Å²) < 4.78 is 0. The standard InChI is InChI=1S/C13H16O3/c1-2-3-12(15)6-4-10-5-7-13(16)11(8-10)9-14/h2-3,5,7-8,14,16H,4,6,9H2,1H3/b3-2+. The number of hydrogen-bond donors (Lipinski definition) is 2. The summed E-state index contributed by atoms with van der Waals surface area (Å²) in [5.74, 6) is 0.173. The van der Waals surface area contributed by atoms with E-state index in [1.165, 1.54) is 0 Å². The van der Waals surface area contributed by atoms with Gasteiger partial charge in [0.15, 0.2) is 5.78 Å². The molecule has 0 atom stereocenters. The van der Waals surface area contributed by atoms with Crippen molar-refractivity contribution in [3.63, 3.8) is 0 Å². The molecule has 0 aliphatic rings. The van der Waals surface area contributed by atoms with Gasteiger partial charge >= 0.3 is 0 Å². The number of aromatic hydroxyl groups is 1. The van der Waals surface area contributed by atoms with Crippen LogP contribution in [0.1, 0.15) is 24.5 Å². The number of carbonyl (C=O) groups excluding carboxylic acids is 1. The Balaban J connectivity index is 2.64. The molecule has 0 aromatic heterocycles. The summed E-state index contributed by atoms with van der Waals surface area (Å²) in [4.78, 5) is 11.3. The molecular formula is C13H16O3. The summed E-state index contributed by atoms with van der Waals surface area (Å²) in [7, 11) is 0. The van der Waals surface area contributed by atoms with Crippen molar-refractivity contribution in [1.29, 1.82) is 0 Å². The van der Waals surface area contributed by atoms with Crippen molar-refractivity contribution in [2.75, 3.05) is 0 Å². The molecule has 0 saturated heterocycles. The minimum absolute atomic E-state index is 0.0844. The van der Waals surface area contributed by atoms with Gasteiger partial charge in [-0.1, -0.05) is 12.1 Å². The molecule has 2 N–H and O–H groups in total. The maximum Gasteiger partial charge on any atom is 0.155 e. The Hall–Kier alpha value is -1.61. The minimum atomic E-state index is -0.192. The van der Waals surface area contributed by atoms with Crippen LogP contribution in [0.25, 0.3) is 0 Å². The SMILES string of the molecule is C/C=C/C(=O)CCc1ccc(O)c(CO)c1. The number of benzene rings is 1. The van der Waals surface area contributed by atoms with Crippen LogP contribution in [-0.2, 0) is 17.8 Å². The summed E-state index contributed by atoms with van der Waals surface area (Å²) >= 11 is 0. The fourth-order valence-electron chi connectivity index (χ4n) is 1.46. The van der Waals surface area contributed by atoms with Gasteiger partial charge in [0.2, 0.25) is 0 Å². The van der Waals surface area contributed by atoms with Gasteiger partial charge in [0.05, 0.1) is 6.61 Å². The van der Waals surface area contributed by atoms with Gasteiger partial charge in [0, 0.05) is 12.0 Å². The number of phenols is 1. The van der Waals surface area contributed by atoms with Crippen LogP contribution in [0.15, 0.2) is 30.4 Å². The van der Waals surface area contributed by atoms with Gasteiger partial charge in [-0.05, 0) is 37.1 Å². The van der Waals surface area contributed by atoms with Crippen LogP contribution in [0, 0.1) is 0 Å². The average Bonchev–Trinajstić information content (AvgIpc) is 2.28. The zero-order valence-corrected chi connectivity index (χ0v) is 9.31. The molecule has 0 aliphatic heterocycles. The Labute approximate surface area is 95.0 Å². The van der Waals surface area contributed by atoms with Crippen molar-refractivity contribution in [3.05, 3.63) is 41.5 Å². The molecule has 3 heteroatoms. The van der Waals surface area contributed by atoms with Crippen LogP contribution in [0.3, 0.4) is 0 Å².